The van der Waals surface area contributed by atoms with E-state index in [2.05, 4.69) is 22.4 Å². The van der Waals surface area contributed by atoms with Crippen LogP contribution in [0.25, 0.3) is 0 Å². The van der Waals surface area contributed by atoms with Gasteiger partial charge in [-0.25, -0.2) is 0 Å². The normalized spacial score (nSPS) is 29.4. The fourth-order valence-corrected chi connectivity index (χ4v) is 2.03. The first-order valence-electron chi connectivity index (χ1n) is 5.10. The molecular weight excluding hydrogens is 249 g/mol. The highest BCUT2D eigenvalue weighted by molar-refractivity contribution is 6.33. The van der Waals surface area contributed by atoms with E-state index < -0.39 is 0 Å². The first-order valence-corrected chi connectivity index (χ1v) is 5.85. The molecule has 0 amide bonds. The molecule has 1 aromatic rings. The molecule has 0 radical (unpaired) electrons. The number of hydrogen-bond acceptors (Lipinski definition) is 4. The maximum atomic E-state index is 5.95. The zero-order chi connectivity index (χ0) is 11.8. The second-order valence-electron chi connectivity index (χ2n) is 4.18. The Bertz CT molecular complexity index is 402. The van der Waals surface area contributed by atoms with E-state index in [1.807, 2.05) is 6.92 Å². The summed E-state index contributed by atoms with van der Waals surface area (Å²) in [4.78, 5) is 0. The van der Waals surface area contributed by atoms with Crippen LogP contribution in [0.5, 0.6) is 0 Å². The third kappa shape index (κ3) is 2.24. The molecule has 0 aromatic carbocycles. The van der Waals surface area contributed by atoms with Crippen LogP contribution in [-0.4, -0.2) is 28.4 Å². The summed E-state index contributed by atoms with van der Waals surface area (Å²) in [6.45, 7) is 4.87. The topological polar surface area (TPSA) is 47.0 Å². The summed E-state index contributed by atoms with van der Waals surface area (Å²) in [7, 11) is 0. The fraction of sp³-hybridized carbons (Fsp3) is 0.600. The van der Waals surface area contributed by atoms with Crippen molar-refractivity contribution in [2.75, 3.05) is 11.9 Å². The number of halogens is 2. The molecule has 2 unspecified atom stereocenters. The van der Waals surface area contributed by atoms with Gasteiger partial charge in [-0.1, -0.05) is 23.2 Å². The summed E-state index contributed by atoms with van der Waals surface area (Å²) in [6.07, 6.45) is 1.04. The van der Waals surface area contributed by atoms with Crippen LogP contribution < -0.4 is 5.32 Å². The van der Waals surface area contributed by atoms with Gasteiger partial charge in [0.25, 0.3) is 0 Å². The lowest BCUT2D eigenvalue weighted by atomic mass is 9.94. The molecule has 2 heterocycles. The molecule has 0 spiro atoms. The summed E-state index contributed by atoms with van der Waals surface area (Å²) < 4.78 is 5.54. The van der Waals surface area contributed by atoms with Crippen molar-refractivity contribution in [2.24, 2.45) is 0 Å². The van der Waals surface area contributed by atoms with Crippen molar-refractivity contribution in [1.29, 1.82) is 0 Å². The van der Waals surface area contributed by atoms with Crippen LogP contribution in [0.15, 0.2) is 6.07 Å². The number of nitrogens with one attached hydrogen (secondary N) is 1. The Morgan fingerprint density at radius 3 is 2.88 bits per heavy atom. The van der Waals surface area contributed by atoms with Gasteiger partial charge >= 0.3 is 0 Å². The van der Waals surface area contributed by atoms with Gasteiger partial charge in [-0.3, -0.25) is 0 Å². The van der Waals surface area contributed by atoms with E-state index in [1.54, 1.807) is 6.07 Å². The van der Waals surface area contributed by atoms with E-state index in [0.29, 0.717) is 16.0 Å². The van der Waals surface area contributed by atoms with Crippen LogP contribution in [-0.2, 0) is 4.74 Å². The van der Waals surface area contributed by atoms with Gasteiger partial charge in [0.2, 0.25) is 0 Å². The minimum Gasteiger partial charge on any atom is -0.376 e. The fourth-order valence-electron chi connectivity index (χ4n) is 1.75. The quantitative estimate of drug-likeness (QED) is 0.890. The zero-order valence-corrected chi connectivity index (χ0v) is 10.6. The summed E-state index contributed by atoms with van der Waals surface area (Å²) in [6, 6.07) is 1.67. The van der Waals surface area contributed by atoms with E-state index in [-0.39, 0.29) is 11.6 Å². The molecule has 1 aromatic heterocycles. The molecule has 16 heavy (non-hydrogen) atoms. The highest BCUT2D eigenvalue weighted by Gasteiger charge is 2.37. The molecule has 1 aliphatic rings. The van der Waals surface area contributed by atoms with Gasteiger partial charge in [-0.15, -0.1) is 10.2 Å². The lowest BCUT2D eigenvalue weighted by Gasteiger charge is -2.30. The summed E-state index contributed by atoms with van der Waals surface area (Å²) in [5.41, 5.74) is 0.553. The summed E-state index contributed by atoms with van der Waals surface area (Å²) >= 11 is 11.7. The molecule has 88 valence electrons. The smallest absolute Gasteiger partial charge is 0.174 e. The van der Waals surface area contributed by atoms with Crippen LogP contribution in [0.3, 0.4) is 0 Å². The largest absolute Gasteiger partial charge is 0.376 e. The summed E-state index contributed by atoms with van der Waals surface area (Å²) in [5.74, 6) is 0. The molecule has 2 rings (SSSR count). The van der Waals surface area contributed by atoms with Crippen molar-refractivity contribution in [1.82, 2.24) is 10.2 Å². The second kappa shape index (κ2) is 4.35. The molecular formula is C10H13Cl2N3O. The molecule has 1 fully saturated rings. The lowest BCUT2D eigenvalue weighted by molar-refractivity contribution is 0.105. The van der Waals surface area contributed by atoms with Gasteiger partial charge in [0.05, 0.1) is 17.3 Å². The van der Waals surface area contributed by atoms with Crippen molar-refractivity contribution in [3.8, 4) is 0 Å². The first kappa shape index (κ1) is 11.9. The van der Waals surface area contributed by atoms with Crippen molar-refractivity contribution in [3.05, 3.63) is 16.4 Å². The van der Waals surface area contributed by atoms with Gasteiger partial charge in [-0.05, 0) is 20.3 Å². The van der Waals surface area contributed by atoms with E-state index >= 15 is 0 Å². The van der Waals surface area contributed by atoms with Gasteiger partial charge in [0.15, 0.2) is 10.3 Å². The van der Waals surface area contributed by atoms with E-state index in [0.717, 1.165) is 13.0 Å². The molecule has 6 heteroatoms. The van der Waals surface area contributed by atoms with E-state index in [9.17, 15) is 0 Å². The molecule has 1 aliphatic heterocycles. The first-order chi connectivity index (χ1) is 7.51. The van der Waals surface area contributed by atoms with Gasteiger partial charge in [-0.2, -0.15) is 0 Å². The SMILES string of the molecule is CC1OCCC1(C)Nc1cc(Cl)nnc1Cl. The second-order valence-corrected chi connectivity index (χ2v) is 4.92. The minimum absolute atomic E-state index is 0.121. The predicted molar refractivity (Wildman–Crippen MR) is 64.1 cm³/mol. The van der Waals surface area contributed by atoms with Crippen LogP contribution in [0.1, 0.15) is 20.3 Å². The third-order valence-electron chi connectivity index (χ3n) is 3.03. The Labute approximate surface area is 104 Å². The van der Waals surface area contributed by atoms with Crippen molar-refractivity contribution in [2.45, 2.75) is 31.9 Å². The predicted octanol–water partition coefficient (Wildman–Crippen LogP) is 2.76. The van der Waals surface area contributed by atoms with Crippen LogP contribution in [0.4, 0.5) is 5.69 Å². The van der Waals surface area contributed by atoms with Gasteiger partial charge in [0, 0.05) is 12.7 Å². The average Bonchev–Trinajstić information content (AvgIpc) is 2.53. The molecule has 2 atom stereocenters. The zero-order valence-electron chi connectivity index (χ0n) is 9.13. The standard InChI is InChI=1S/C10H13Cl2N3O/c1-6-10(2,3-4-16-6)13-7-5-8(11)14-15-9(7)12/h5-6H,3-4H2,1-2H3,(H,13,14). The maximum Gasteiger partial charge on any atom is 0.174 e. The molecule has 4 nitrogen and oxygen atoms in total. The van der Waals surface area contributed by atoms with Crippen molar-refractivity contribution < 1.29 is 4.74 Å². The highest BCUT2D eigenvalue weighted by Crippen LogP contribution is 2.32. The van der Waals surface area contributed by atoms with Crippen molar-refractivity contribution in [3.63, 3.8) is 0 Å². The number of ether oxygens (including phenoxy) is 1. The van der Waals surface area contributed by atoms with Crippen LogP contribution in [0.2, 0.25) is 10.3 Å². The number of nitrogens with zero attached hydrogens (tertiary/aromatic N) is 2. The van der Waals surface area contributed by atoms with E-state index in [1.165, 1.54) is 0 Å². The van der Waals surface area contributed by atoms with E-state index in [4.69, 9.17) is 27.9 Å². The van der Waals surface area contributed by atoms with Crippen LogP contribution in [0, 0.1) is 0 Å². The Kier molecular flexibility index (Phi) is 3.24. The summed E-state index contributed by atoms with van der Waals surface area (Å²) in [5, 5.41) is 11.4. The molecule has 1 saturated heterocycles. The minimum atomic E-state index is -0.143. The number of aromatic nitrogens is 2. The molecule has 1 N–H and O–H groups in total. The van der Waals surface area contributed by atoms with Gasteiger partial charge < -0.3 is 10.1 Å². The van der Waals surface area contributed by atoms with Crippen LogP contribution >= 0.6 is 23.2 Å². The maximum absolute atomic E-state index is 5.95. The van der Waals surface area contributed by atoms with Crippen molar-refractivity contribution >= 4 is 28.9 Å². The molecule has 0 aliphatic carbocycles. The Hall–Kier alpha value is -0.580. The molecule has 0 bridgehead atoms. The van der Waals surface area contributed by atoms with Gasteiger partial charge in [0.1, 0.15) is 0 Å². The Balaban J connectivity index is 2.23. The monoisotopic (exact) mass is 261 g/mol. The lowest BCUT2D eigenvalue weighted by Crippen LogP contribution is -2.41. The average molecular weight is 262 g/mol. The Morgan fingerprint density at radius 1 is 1.50 bits per heavy atom. The number of hydrogen-bond donors (Lipinski definition) is 1. The Morgan fingerprint density at radius 2 is 2.25 bits per heavy atom. The number of rotatable bonds is 2. The number of anilines is 1. The molecule has 0 saturated carbocycles. The third-order valence-corrected chi connectivity index (χ3v) is 3.49. The highest BCUT2D eigenvalue weighted by atomic mass is 35.5.